The molecule has 1 aliphatic carbocycles. The molecule has 2 rings (SSSR count). The van der Waals surface area contributed by atoms with Crippen LogP contribution in [0.15, 0.2) is 22.9 Å². The fourth-order valence-corrected chi connectivity index (χ4v) is 3.74. The van der Waals surface area contributed by atoms with Crippen molar-refractivity contribution < 1.29 is 0 Å². The Kier molecular flexibility index (Phi) is 5.83. The SMILES string of the molecule is CCC1CCC(C(Cc2cncc(Br)c2)NC)CC1. The first-order chi connectivity index (χ1) is 9.22. The zero-order valence-corrected chi connectivity index (χ0v) is 13.6. The minimum Gasteiger partial charge on any atom is -0.316 e. The molecule has 1 aromatic heterocycles. The third kappa shape index (κ3) is 4.28. The van der Waals surface area contributed by atoms with E-state index in [0.29, 0.717) is 6.04 Å². The summed E-state index contributed by atoms with van der Waals surface area (Å²) in [6.45, 7) is 2.33. The van der Waals surface area contributed by atoms with Crippen LogP contribution in [-0.4, -0.2) is 18.1 Å². The van der Waals surface area contributed by atoms with Crippen LogP contribution in [-0.2, 0) is 6.42 Å². The molecule has 0 radical (unpaired) electrons. The Morgan fingerprint density at radius 3 is 2.63 bits per heavy atom. The van der Waals surface area contributed by atoms with Crippen molar-refractivity contribution in [3.63, 3.8) is 0 Å². The van der Waals surface area contributed by atoms with E-state index in [1.807, 2.05) is 12.4 Å². The largest absolute Gasteiger partial charge is 0.316 e. The maximum absolute atomic E-state index is 4.27. The van der Waals surface area contributed by atoms with Crippen molar-refractivity contribution in [2.75, 3.05) is 7.05 Å². The number of nitrogens with zero attached hydrogens (tertiary/aromatic N) is 1. The highest BCUT2D eigenvalue weighted by atomic mass is 79.9. The average molecular weight is 325 g/mol. The zero-order valence-electron chi connectivity index (χ0n) is 12.0. The number of aromatic nitrogens is 1. The molecular formula is C16H25BrN2. The quantitative estimate of drug-likeness (QED) is 0.878. The van der Waals surface area contributed by atoms with Crippen molar-refractivity contribution in [2.45, 2.75) is 51.5 Å². The molecule has 0 aromatic carbocycles. The smallest absolute Gasteiger partial charge is 0.0410 e. The fraction of sp³-hybridized carbons (Fsp3) is 0.688. The standard InChI is InChI=1S/C16H25BrN2/c1-3-12-4-6-14(7-5-12)16(18-2)9-13-8-15(17)11-19-10-13/h8,10-12,14,16,18H,3-7,9H2,1-2H3. The highest BCUT2D eigenvalue weighted by Crippen LogP contribution is 2.33. The van der Waals surface area contributed by atoms with Crippen LogP contribution in [0.3, 0.4) is 0 Å². The van der Waals surface area contributed by atoms with E-state index >= 15 is 0 Å². The van der Waals surface area contributed by atoms with Gasteiger partial charge in [0.25, 0.3) is 0 Å². The topological polar surface area (TPSA) is 24.9 Å². The first-order valence-electron chi connectivity index (χ1n) is 7.49. The maximum Gasteiger partial charge on any atom is 0.0410 e. The van der Waals surface area contributed by atoms with Gasteiger partial charge in [0.05, 0.1) is 0 Å². The fourth-order valence-electron chi connectivity index (χ4n) is 3.32. The molecule has 0 bridgehead atoms. The van der Waals surface area contributed by atoms with Crippen LogP contribution >= 0.6 is 15.9 Å². The molecule has 1 aromatic rings. The van der Waals surface area contributed by atoms with Crippen molar-refractivity contribution >= 4 is 15.9 Å². The summed E-state index contributed by atoms with van der Waals surface area (Å²) in [7, 11) is 2.10. The van der Waals surface area contributed by atoms with Crippen molar-refractivity contribution in [2.24, 2.45) is 11.8 Å². The summed E-state index contributed by atoms with van der Waals surface area (Å²) >= 11 is 3.50. The predicted octanol–water partition coefficient (Wildman–Crippen LogP) is 4.19. The van der Waals surface area contributed by atoms with Crippen LogP contribution in [0.2, 0.25) is 0 Å². The summed E-state index contributed by atoms with van der Waals surface area (Å²) in [5, 5.41) is 3.53. The molecule has 3 heteroatoms. The lowest BCUT2D eigenvalue weighted by molar-refractivity contribution is 0.222. The normalized spacial score (nSPS) is 25.2. The van der Waals surface area contributed by atoms with Gasteiger partial charge in [-0.2, -0.15) is 0 Å². The van der Waals surface area contributed by atoms with E-state index in [9.17, 15) is 0 Å². The predicted molar refractivity (Wildman–Crippen MR) is 84.2 cm³/mol. The Morgan fingerprint density at radius 2 is 2.05 bits per heavy atom. The summed E-state index contributed by atoms with van der Waals surface area (Å²) in [5.74, 6) is 1.80. The van der Waals surface area contributed by atoms with E-state index in [2.05, 4.69) is 46.3 Å². The van der Waals surface area contributed by atoms with Crippen molar-refractivity contribution in [3.8, 4) is 0 Å². The minimum atomic E-state index is 0.592. The van der Waals surface area contributed by atoms with Gasteiger partial charge in [-0.15, -0.1) is 0 Å². The van der Waals surface area contributed by atoms with Crippen molar-refractivity contribution in [1.82, 2.24) is 10.3 Å². The number of hydrogen-bond acceptors (Lipinski definition) is 2. The molecule has 19 heavy (non-hydrogen) atoms. The summed E-state index contributed by atoms with van der Waals surface area (Å²) in [6.07, 6.45) is 11.9. The lowest BCUT2D eigenvalue weighted by atomic mass is 9.76. The molecule has 0 saturated heterocycles. The summed E-state index contributed by atoms with van der Waals surface area (Å²) < 4.78 is 1.08. The number of hydrogen-bond donors (Lipinski definition) is 1. The van der Waals surface area contributed by atoms with Gasteiger partial charge < -0.3 is 5.32 Å². The average Bonchev–Trinajstić information content (AvgIpc) is 2.45. The van der Waals surface area contributed by atoms with Crippen molar-refractivity contribution in [1.29, 1.82) is 0 Å². The Hall–Kier alpha value is -0.410. The van der Waals surface area contributed by atoms with Crippen LogP contribution in [0.25, 0.3) is 0 Å². The van der Waals surface area contributed by atoms with Crippen LogP contribution in [0, 0.1) is 11.8 Å². The summed E-state index contributed by atoms with van der Waals surface area (Å²) in [4.78, 5) is 4.27. The lowest BCUT2D eigenvalue weighted by Gasteiger charge is -2.33. The Balaban J connectivity index is 1.93. The second kappa shape index (κ2) is 7.39. The molecule has 1 fully saturated rings. The Morgan fingerprint density at radius 1 is 1.32 bits per heavy atom. The van der Waals surface area contributed by atoms with E-state index < -0.39 is 0 Å². The van der Waals surface area contributed by atoms with E-state index in [4.69, 9.17) is 0 Å². The number of nitrogens with one attached hydrogen (secondary N) is 1. The first kappa shape index (κ1) is 15.0. The molecule has 1 heterocycles. The van der Waals surface area contributed by atoms with E-state index in [-0.39, 0.29) is 0 Å². The molecule has 1 N–H and O–H groups in total. The molecule has 106 valence electrons. The van der Waals surface area contributed by atoms with E-state index in [1.54, 1.807) is 0 Å². The molecule has 0 amide bonds. The number of halogens is 1. The van der Waals surface area contributed by atoms with Gasteiger partial charge in [-0.05, 0) is 65.7 Å². The first-order valence-corrected chi connectivity index (χ1v) is 8.29. The van der Waals surface area contributed by atoms with Crippen molar-refractivity contribution in [3.05, 3.63) is 28.5 Å². The van der Waals surface area contributed by atoms with Crippen LogP contribution in [0.1, 0.15) is 44.6 Å². The highest BCUT2D eigenvalue weighted by molar-refractivity contribution is 9.10. The highest BCUT2D eigenvalue weighted by Gasteiger charge is 2.26. The van der Waals surface area contributed by atoms with Gasteiger partial charge in [0.2, 0.25) is 0 Å². The van der Waals surface area contributed by atoms with Gasteiger partial charge >= 0.3 is 0 Å². The minimum absolute atomic E-state index is 0.592. The number of rotatable bonds is 5. The molecule has 0 aliphatic heterocycles. The monoisotopic (exact) mass is 324 g/mol. The Bertz CT molecular complexity index is 386. The second-order valence-corrected chi connectivity index (χ2v) is 6.72. The maximum atomic E-state index is 4.27. The van der Waals surface area contributed by atoms with E-state index in [0.717, 1.165) is 22.7 Å². The molecule has 1 saturated carbocycles. The second-order valence-electron chi connectivity index (χ2n) is 5.80. The van der Waals surface area contributed by atoms with Gasteiger partial charge in [-0.3, -0.25) is 4.98 Å². The van der Waals surface area contributed by atoms with Gasteiger partial charge in [-0.1, -0.05) is 26.2 Å². The molecule has 1 aliphatic rings. The van der Waals surface area contributed by atoms with Gasteiger partial charge in [0.1, 0.15) is 0 Å². The van der Waals surface area contributed by atoms with Gasteiger partial charge in [0, 0.05) is 22.9 Å². The third-order valence-corrected chi connectivity index (χ3v) is 5.06. The zero-order chi connectivity index (χ0) is 13.7. The summed E-state index contributed by atoms with van der Waals surface area (Å²) in [6, 6.07) is 2.78. The molecular weight excluding hydrogens is 300 g/mol. The summed E-state index contributed by atoms with van der Waals surface area (Å²) in [5.41, 5.74) is 1.33. The molecule has 1 atom stereocenters. The third-order valence-electron chi connectivity index (χ3n) is 4.63. The van der Waals surface area contributed by atoms with Crippen LogP contribution in [0.5, 0.6) is 0 Å². The molecule has 2 nitrogen and oxygen atoms in total. The van der Waals surface area contributed by atoms with Gasteiger partial charge in [-0.25, -0.2) is 0 Å². The van der Waals surface area contributed by atoms with Crippen LogP contribution < -0.4 is 5.32 Å². The van der Waals surface area contributed by atoms with Gasteiger partial charge in [0.15, 0.2) is 0 Å². The number of pyridine rings is 1. The Labute approximate surface area is 125 Å². The van der Waals surface area contributed by atoms with E-state index in [1.165, 1.54) is 37.7 Å². The lowest BCUT2D eigenvalue weighted by Crippen LogP contribution is -2.37. The number of likely N-dealkylation sites (N-methyl/N-ethyl adjacent to an activating group) is 1. The molecule has 0 spiro atoms. The molecule has 1 unspecified atom stereocenters. The van der Waals surface area contributed by atoms with Crippen LogP contribution in [0.4, 0.5) is 0 Å².